The number of nitrogens with zero attached hydrogens (tertiary/aromatic N) is 1. The third kappa shape index (κ3) is 4.47. The van der Waals surface area contributed by atoms with Gasteiger partial charge >= 0.3 is 0 Å². The van der Waals surface area contributed by atoms with Gasteiger partial charge in [-0.3, -0.25) is 4.79 Å². The van der Waals surface area contributed by atoms with Crippen LogP contribution in [-0.2, 0) is 9.53 Å². The molecule has 0 saturated heterocycles. The zero-order chi connectivity index (χ0) is 13.4. The average Bonchev–Trinajstić information content (AvgIpc) is 2.38. The molecule has 0 unspecified atom stereocenters. The van der Waals surface area contributed by atoms with Gasteiger partial charge in [0.05, 0.1) is 6.61 Å². The van der Waals surface area contributed by atoms with E-state index in [1.165, 1.54) is 0 Å². The van der Waals surface area contributed by atoms with Crippen LogP contribution in [-0.4, -0.2) is 26.2 Å². The summed E-state index contributed by atoms with van der Waals surface area (Å²) in [5, 5.41) is 11.6. The smallest absolute Gasteiger partial charge is 0.262 e. The van der Waals surface area contributed by atoms with E-state index in [4.69, 9.17) is 10.00 Å². The van der Waals surface area contributed by atoms with Gasteiger partial charge in [0.15, 0.2) is 0 Å². The Morgan fingerprint density at radius 3 is 2.89 bits per heavy atom. The largest absolute Gasteiger partial charge is 0.383 e. The fourth-order valence-electron chi connectivity index (χ4n) is 1.26. The van der Waals surface area contributed by atoms with Gasteiger partial charge in [-0.25, -0.2) is 0 Å². The number of hydrogen-bond acceptors (Lipinski definition) is 3. The fraction of sp³-hybridized carbons (Fsp3) is 0.231. The number of methoxy groups -OCH3 is 1. The number of halogens is 1. The van der Waals surface area contributed by atoms with Crippen molar-refractivity contribution in [3.8, 4) is 6.07 Å². The predicted molar refractivity (Wildman–Crippen MR) is 77.6 cm³/mol. The standard InChI is InChI=1S/C13H13IN2O2/c1-18-7-6-16-13(17)11(9-15)8-10-4-2-3-5-12(10)14/h2-5,8H,6-7H2,1H3,(H,16,17). The summed E-state index contributed by atoms with van der Waals surface area (Å²) in [6.07, 6.45) is 1.59. The lowest BCUT2D eigenvalue weighted by Gasteiger charge is -2.03. The van der Waals surface area contributed by atoms with Gasteiger partial charge in [0.25, 0.3) is 5.91 Å². The van der Waals surface area contributed by atoms with Crippen molar-refractivity contribution in [3.05, 3.63) is 39.0 Å². The summed E-state index contributed by atoms with van der Waals surface area (Å²) in [5.41, 5.74) is 0.951. The molecule has 1 amide bonds. The minimum Gasteiger partial charge on any atom is -0.383 e. The molecular formula is C13H13IN2O2. The Morgan fingerprint density at radius 2 is 2.28 bits per heavy atom. The molecule has 5 heteroatoms. The molecule has 1 aromatic rings. The number of nitriles is 1. The average molecular weight is 356 g/mol. The Balaban J connectivity index is 2.81. The Bertz CT molecular complexity index is 492. The van der Waals surface area contributed by atoms with Crippen LogP contribution >= 0.6 is 22.6 Å². The highest BCUT2D eigenvalue weighted by Gasteiger charge is 2.08. The maximum atomic E-state index is 11.7. The number of carbonyl (C=O) groups is 1. The summed E-state index contributed by atoms with van der Waals surface area (Å²) in [6.45, 7) is 0.813. The van der Waals surface area contributed by atoms with E-state index >= 15 is 0 Å². The molecule has 0 atom stereocenters. The summed E-state index contributed by atoms with van der Waals surface area (Å²) in [6, 6.07) is 9.47. The molecule has 1 aromatic carbocycles. The number of benzene rings is 1. The molecule has 0 aliphatic carbocycles. The summed E-state index contributed by atoms with van der Waals surface area (Å²) < 4.78 is 5.82. The number of ether oxygens (including phenoxy) is 1. The van der Waals surface area contributed by atoms with Gasteiger partial charge in [-0.05, 0) is 40.3 Å². The summed E-state index contributed by atoms with van der Waals surface area (Å²) in [7, 11) is 1.56. The van der Waals surface area contributed by atoms with Gasteiger partial charge in [-0.2, -0.15) is 5.26 Å². The van der Waals surface area contributed by atoms with Crippen molar-refractivity contribution in [2.24, 2.45) is 0 Å². The molecule has 1 rings (SSSR count). The van der Waals surface area contributed by atoms with Gasteiger partial charge in [-0.15, -0.1) is 0 Å². The van der Waals surface area contributed by atoms with E-state index < -0.39 is 0 Å². The van der Waals surface area contributed by atoms with Gasteiger partial charge in [0.2, 0.25) is 0 Å². The van der Waals surface area contributed by atoms with Crippen molar-refractivity contribution in [2.45, 2.75) is 0 Å². The molecule has 0 radical (unpaired) electrons. The van der Waals surface area contributed by atoms with Gasteiger partial charge in [0.1, 0.15) is 11.6 Å². The predicted octanol–water partition coefficient (Wildman–Crippen LogP) is 1.96. The number of rotatable bonds is 5. The molecule has 94 valence electrons. The topological polar surface area (TPSA) is 62.1 Å². The second kappa shape index (κ2) is 7.84. The van der Waals surface area contributed by atoms with E-state index in [1.807, 2.05) is 30.3 Å². The minimum absolute atomic E-state index is 0.0928. The third-order valence-corrected chi connectivity index (χ3v) is 3.14. The first kappa shape index (κ1) is 14.7. The van der Waals surface area contributed by atoms with Crippen LogP contribution in [0.2, 0.25) is 0 Å². The van der Waals surface area contributed by atoms with Crippen molar-refractivity contribution in [1.82, 2.24) is 5.32 Å². The van der Waals surface area contributed by atoms with Crippen LogP contribution in [0.25, 0.3) is 6.08 Å². The van der Waals surface area contributed by atoms with Crippen LogP contribution in [0.4, 0.5) is 0 Å². The van der Waals surface area contributed by atoms with Crippen LogP contribution in [0.5, 0.6) is 0 Å². The maximum Gasteiger partial charge on any atom is 0.262 e. The second-order valence-corrected chi connectivity index (χ2v) is 4.60. The van der Waals surface area contributed by atoms with E-state index in [0.717, 1.165) is 9.13 Å². The van der Waals surface area contributed by atoms with Crippen molar-refractivity contribution >= 4 is 34.6 Å². The second-order valence-electron chi connectivity index (χ2n) is 3.44. The third-order valence-electron chi connectivity index (χ3n) is 2.16. The Labute approximate surface area is 120 Å². The monoisotopic (exact) mass is 356 g/mol. The zero-order valence-corrected chi connectivity index (χ0v) is 12.1. The van der Waals surface area contributed by atoms with E-state index in [-0.39, 0.29) is 11.5 Å². The van der Waals surface area contributed by atoms with Crippen molar-refractivity contribution in [2.75, 3.05) is 20.3 Å². The summed E-state index contributed by atoms with van der Waals surface area (Å²) >= 11 is 2.16. The number of nitrogens with one attached hydrogen (secondary N) is 1. The normalized spacial score (nSPS) is 10.8. The first-order valence-electron chi connectivity index (χ1n) is 5.32. The summed E-state index contributed by atoms with van der Waals surface area (Å²) in [5.74, 6) is -0.380. The van der Waals surface area contributed by atoms with E-state index in [9.17, 15) is 4.79 Å². The van der Waals surface area contributed by atoms with Gasteiger partial charge < -0.3 is 10.1 Å². The Morgan fingerprint density at radius 1 is 1.56 bits per heavy atom. The molecule has 0 bridgehead atoms. The summed E-state index contributed by atoms with van der Waals surface area (Å²) in [4.78, 5) is 11.7. The van der Waals surface area contributed by atoms with Crippen molar-refractivity contribution < 1.29 is 9.53 Å². The number of amides is 1. The molecule has 0 fully saturated rings. The molecule has 0 saturated carbocycles. The number of hydrogen-bond donors (Lipinski definition) is 1. The quantitative estimate of drug-likeness (QED) is 0.380. The van der Waals surface area contributed by atoms with Crippen LogP contribution in [0.1, 0.15) is 5.56 Å². The molecule has 1 N–H and O–H groups in total. The van der Waals surface area contributed by atoms with Crippen LogP contribution in [0.15, 0.2) is 29.8 Å². The lowest BCUT2D eigenvalue weighted by molar-refractivity contribution is -0.117. The molecular weight excluding hydrogens is 343 g/mol. The molecule has 0 spiro atoms. The van der Waals surface area contributed by atoms with Crippen molar-refractivity contribution in [1.29, 1.82) is 5.26 Å². The molecule has 4 nitrogen and oxygen atoms in total. The Hall–Kier alpha value is -1.39. The van der Waals surface area contributed by atoms with Gasteiger partial charge in [-0.1, -0.05) is 18.2 Å². The molecule has 0 aliphatic rings. The van der Waals surface area contributed by atoms with E-state index in [0.29, 0.717) is 13.2 Å². The molecule has 0 aliphatic heterocycles. The maximum absolute atomic E-state index is 11.7. The van der Waals surface area contributed by atoms with Crippen LogP contribution in [0.3, 0.4) is 0 Å². The highest BCUT2D eigenvalue weighted by Crippen LogP contribution is 2.15. The molecule has 18 heavy (non-hydrogen) atoms. The Kier molecular flexibility index (Phi) is 6.39. The molecule has 0 aromatic heterocycles. The van der Waals surface area contributed by atoms with Crippen LogP contribution in [0, 0.1) is 14.9 Å². The first-order valence-corrected chi connectivity index (χ1v) is 6.40. The first-order chi connectivity index (χ1) is 8.69. The lowest BCUT2D eigenvalue weighted by Crippen LogP contribution is -2.27. The van der Waals surface area contributed by atoms with Gasteiger partial charge in [0, 0.05) is 17.2 Å². The van der Waals surface area contributed by atoms with E-state index in [1.54, 1.807) is 13.2 Å². The van der Waals surface area contributed by atoms with Crippen LogP contribution < -0.4 is 5.32 Å². The van der Waals surface area contributed by atoms with E-state index in [2.05, 4.69) is 27.9 Å². The zero-order valence-electron chi connectivity index (χ0n) is 9.94. The lowest BCUT2D eigenvalue weighted by atomic mass is 10.1. The van der Waals surface area contributed by atoms with Crippen molar-refractivity contribution in [3.63, 3.8) is 0 Å². The highest BCUT2D eigenvalue weighted by atomic mass is 127. The fourth-order valence-corrected chi connectivity index (χ4v) is 1.80. The number of carbonyl (C=O) groups excluding carboxylic acids is 1. The highest BCUT2D eigenvalue weighted by molar-refractivity contribution is 14.1. The molecule has 0 heterocycles. The SMILES string of the molecule is COCCNC(=O)C(C#N)=Cc1ccccc1I. The minimum atomic E-state index is -0.380.